The van der Waals surface area contributed by atoms with Crippen LogP contribution in [0.5, 0.6) is 0 Å². The van der Waals surface area contributed by atoms with E-state index in [4.69, 9.17) is 5.26 Å². The van der Waals surface area contributed by atoms with Crippen LogP contribution in [0, 0.1) is 17.2 Å². The zero-order chi connectivity index (χ0) is 16.2. The van der Waals surface area contributed by atoms with E-state index in [1.807, 2.05) is 26.0 Å². The van der Waals surface area contributed by atoms with E-state index in [2.05, 4.69) is 16.7 Å². The molecule has 0 spiro atoms. The largest absolute Gasteiger partial charge is 0.396 e. The summed E-state index contributed by atoms with van der Waals surface area (Å²) >= 11 is 0. The molecule has 1 aromatic carbocycles. The number of rotatable bonds is 4. The van der Waals surface area contributed by atoms with Gasteiger partial charge in [-0.1, -0.05) is 18.6 Å². The monoisotopic (exact) mass is 301 g/mol. The summed E-state index contributed by atoms with van der Waals surface area (Å²) in [5.41, 5.74) is 1.06. The van der Waals surface area contributed by atoms with Crippen molar-refractivity contribution in [3.63, 3.8) is 0 Å². The van der Waals surface area contributed by atoms with Crippen LogP contribution in [0.25, 0.3) is 0 Å². The molecule has 2 amide bonds. The van der Waals surface area contributed by atoms with Crippen LogP contribution in [0.15, 0.2) is 24.3 Å². The normalized spacial score (nSPS) is 21.2. The first kappa shape index (κ1) is 16.3. The van der Waals surface area contributed by atoms with Crippen molar-refractivity contribution in [3.05, 3.63) is 29.8 Å². The van der Waals surface area contributed by atoms with Gasteiger partial charge in [-0.15, -0.1) is 0 Å². The second-order valence-electron chi connectivity index (χ2n) is 6.39. The number of aliphatic hydroxyl groups excluding tert-OH is 1. The van der Waals surface area contributed by atoms with Crippen LogP contribution in [0.1, 0.15) is 38.7 Å². The van der Waals surface area contributed by atoms with Crippen LogP contribution in [0.3, 0.4) is 0 Å². The van der Waals surface area contributed by atoms with Crippen LogP contribution in [-0.4, -0.2) is 23.8 Å². The number of anilines is 1. The van der Waals surface area contributed by atoms with Gasteiger partial charge in [0.1, 0.15) is 0 Å². The van der Waals surface area contributed by atoms with Gasteiger partial charge in [0.25, 0.3) is 0 Å². The average Bonchev–Trinajstić information content (AvgIpc) is 2.94. The second-order valence-corrected chi connectivity index (χ2v) is 6.39. The van der Waals surface area contributed by atoms with E-state index in [0.29, 0.717) is 5.69 Å². The second kappa shape index (κ2) is 6.80. The van der Waals surface area contributed by atoms with Gasteiger partial charge >= 0.3 is 6.03 Å². The maximum absolute atomic E-state index is 12.0. The Labute approximate surface area is 131 Å². The quantitative estimate of drug-likeness (QED) is 0.799. The average molecular weight is 301 g/mol. The van der Waals surface area contributed by atoms with E-state index >= 15 is 0 Å². The van der Waals surface area contributed by atoms with Crippen molar-refractivity contribution < 1.29 is 9.90 Å². The summed E-state index contributed by atoms with van der Waals surface area (Å²) in [6.07, 6.45) is 2.90. The highest BCUT2D eigenvalue weighted by Crippen LogP contribution is 2.26. The molecule has 5 heteroatoms. The molecule has 1 saturated carbocycles. The van der Waals surface area contributed by atoms with Gasteiger partial charge in [-0.25, -0.2) is 4.79 Å². The molecule has 1 aromatic rings. The van der Waals surface area contributed by atoms with Crippen molar-refractivity contribution in [1.29, 1.82) is 5.26 Å². The molecule has 22 heavy (non-hydrogen) atoms. The van der Waals surface area contributed by atoms with Gasteiger partial charge < -0.3 is 15.7 Å². The van der Waals surface area contributed by atoms with Gasteiger partial charge in [0.2, 0.25) is 0 Å². The Kier molecular flexibility index (Phi) is 5.04. The summed E-state index contributed by atoms with van der Waals surface area (Å²) in [6, 6.07) is 9.34. The molecular weight excluding hydrogens is 278 g/mol. The molecule has 0 heterocycles. The van der Waals surface area contributed by atoms with E-state index in [9.17, 15) is 9.90 Å². The Morgan fingerprint density at radius 2 is 2.05 bits per heavy atom. The molecule has 0 saturated heterocycles. The zero-order valence-electron chi connectivity index (χ0n) is 13.1. The van der Waals surface area contributed by atoms with E-state index in [-0.39, 0.29) is 24.6 Å². The summed E-state index contributed by atoms with van der Waals surface area (Å²) in [7, 11) is 0. The summed E-state index contributed by atoms with van der Waals surface area (Å²) in [5, 5.41) is 24.1. The molecule has 1 fully saturated rings. The van der Waals surface area contributed by atoms with Gasteiger partial charge in [0.15, 0.2) is 0 Å². The van der Waals surface area contributed by atoms with Gasteiger partial charge in [-0.05, 0) is 44.4 Å². The molecule has 0 radical (unpaired) electrons. The Morgan fingerprint density at radius 3 is 2.64 bits per heavy atom. The van der Waals surface area contributed by atoms with Gasteiger partial charge in [-0.3, -0.25) is 0 Å². The van der Waals surface area contributed by atoms with E-state index < -0.39 is 5.41 Å². The third-order valence-electron chi connectivity index (χ3n) is 4.35. The van der Waals surface area contributed by atoms with Crippen LogP contribution in [0.4, 0.5) is 10.5 Å². The first-order valence-electron chi connectivity index (χ1n) is 7.66. The molecule has 1 aliphatic rings. The molecule has 0 unspecified atom stereocenters. The van der Waals surface area contributed by atoms with Gasteiger partial charge in [-0.2, -0.15) is 5.26 Å². The Hall–Kier alpha value is -2.06. The highest BCUT2D eigenvalue weighted by atomic mass is 16.3. The Morgan fingerprint density at radius 1 is 1.36 bits per heavy atom. The Balaban J connectivity index is 1.94. The molecule has 5 nitrogen and oxygen atoms in total. The third-order valence-corrected chi connectivity index (χ3v) is 4.35. The zero-order valence-corrected chi connectivity index (χ0v) is 13.1. The van der Waals surface area contributed by atoms with Crippen molar-refractivity contribution >= 4 is 11.7 Å². The van der Waals surface area contributed by atoms with Gasteiger partial charge in [0, 0.05) is 24.3 Å². The standard InChI is InChI=1S/C17H23N3O2/c1-17(2,11-18)13-6-8-14(9-7-13)19-16(22)20-15-5-3-4-12(15)10-21/h6-9,12,15,21H,3-5,10H2,1-2H3,(H2,19,20,22)/t12-,15-/m1/s1. The summed E-state index contributed by atoms with van der Waals surface area (Å²) < 4.78 is 0. The van der Waals surface area contributed by atoms with E-state index in [1.54, 1.807) is 12.1 Å². The molecule has 1 aliphatic carbocycles. The van der Waals surface area contributed by atoms with Crippen LogP contribution >= 0.6 is 0 Å². The van der Waals surface area contributed by atoms with Crippen molar-refractivity contribution in [2.75, 3.05) is 11.9 Å². The van der Waals surface area contributed by atoms with Crippen LogP contribution < -0.4 is 10.6 Å². The highest BCUT2D eigenvalue weighted by molar-refractivity contribution is 5.89. The van der Waals surface area contributed by atoms with Gasteiger partial charge in [0.05, 0.1) is 11.5 Å². The molecule has 0 aromatic heterocycles. The van der Waals surface area contributed by atoms with Crippen molar-refractivity contribution in [3.8, 4) is 6.07 Å². The number of nitriles is 1. The van der Waals surface area contributed by atoms with E-state index in [0.717, 1.165) is 24.8 Å². The number of aliphatic hydroxyl groups is 1. The molecule has 2 rings (SSSR count). The smallest absolute Gasteiger partial charge is 0.319 e. The maximum atomic E-state index is 12.0. The predicted octanol–water partition coefficient (Wildman–Crippen LogP) is 2.77. The molecule has 0 bridgehead atoms. The number of benzene rings is 1. The van der Waals surface area contributed by atoms with Crippen molar-refractivity contribution in [2.45, 2.75) is 44.6 Å². The number of nitrogens with zero attached hydrogens (tertiary/aromatic N) is 1. The fourth-order valence-corrected chi connectivity index (χ4v) is 2.82. The first-order valence-corrected chi connectivity index (χ1v) is 7.66. The van der Waals surface area contributed by atoms with Crippen molar-refractivity contribution in [2.24, 2.45) is 5.92 Å². The lowest BCUT2D eigenvalue weighted by molar-refractivity contribution is 0.203. The molecule has 2 atom stereocenters. The predicted molar refractivity (Wildman–Crippen MR) is 85.5 cm³/mol. The topological polar surface area (TPSA) is 85.2 Å². The number of hydrogen-bond donors (Lipinski definition) is 3. The molecular formula is C17H23N3O2. The summed E-state index contributed by atoms with van der Waals surface area (Å²) in [6.45, 7) is 3.83. The maximum Gasteiger partial charge on any atom is 0.319 e. The molecule has 118 valence electrons. The first-order chi connectivity index (χ1) is 10.5. The summed E-state index contributed by atoms with van der Waals surface area (Å²) in [5.74, 6) is 0.157. The molecule has 3 N–H and O–H groups in total. The lowest BCUT2D eigenvalue weighted by Crippen LogP contribution is -2.41. The minimum absolute atomic E-state index is 0.0433. The fourth-order valence-electron chi connectivity index (χ4n) is 2.82. The minimum Gasteiger partial charge on any atom is -0.396 e. The Bertz CT molecular complexity index is 560. The number of urea groups is 1. The number of amides is 2. The van der Waals surface area contributed by atoms with Crippen LogP contribution in [0.2, 0.25) is 0 Å². The lowest BCUT2D eigenvalue weighted by Gasteiger charge is -2.20. The SMILES string of the molecule is CC(C)(C#N)c1ccc(NC(=O)N[C@@H]2CCC[C@@H]2CO)cc1. The minimum atomic E-state index is -0.543. The number of carbonyl (C=O) groups is 1. The number of hydrogen-bond acceptors (Lipinski definition) is 3. The fraction of sp³-hybridized carbons (Fsp3) is 0.529. The van der Waals surface area contributed by atoms with Crippen molar-refractivity contribution in [1.82, 2.24) is 5.32 Å². The molecule has 0 aliphatic heterocycles. The number of carbonyl (C=O) groups excluding carboxylic acids is 1. The third kappa shape index (κ3) is 3.77. The summed E-state index contributed by atoms with van der Waals surface area (Å²) in [4.78, 5) is 12.0. The lowest BCUT2D eigenvalue weighted by atomic mass is 9.86. The van der Waals surface area contributed by atoms with Crippen LogP contribution in [-0.2, 0) is 5.41 Å². The van der Waals surface area contributed by atoms with E-state index in [1.165, 1.54) is 0 Å². The highest BCUT2D eigenvalue weighted by Gasteiger charge is 2.27. The number of nitrogens with one attached hydrogen (secondary N) is 2.